The molecule has 0 bridgehead atoms. The van der Waals surface area contributed by atoms with Gasteiger partial charge in [-0.05, 0) is 19.4 Å². The maximum atomic E-state index is 10.6. The molecule has 4 heteroatoms. The minimum Gasteiger partial charge on any atom is -0.478 e. The van der Waals surface area contributed by atoms with Crippen LogP contribution in [-0.4, -0.2) is 17.1 Å². The van der Waals surface area contributed by atoms with Gasteiger partial charge < -0.3 is 14.8 Å². The van der Waals surface area contributed by atoms with E-state index >= 15 is 0 Å². The quantitative estimate of drug-likeness (QED) is 0.684. The lowest BCUT2D eigenvalue weighted by molar-refractivity contribution is 0.0696. The topological polar surface area (TPSA) is 62.5 Å². The first-order valence-electron chi connectivity index (χ1n) is 6.17. The monoisotopic (exact) mass is 239 g/mol. The van der Waals surface area contributed by atoms with Crippen LogP contribution in [0.15, 0.2) is 16.7 Å². The Morgan fingerprint density at radius 2 is 2.29 bits per heavy atom. The first-order chi connectivity index (χ1) is 8.13. The predicted octanol–water partition coefficient (Wildman–Crippen LogP) is 3.04. The van der Waals surface area contributed by atoms with Crippen LogP contribution in [0.1, 0.15) is 55.6 Å². The number of furan rings is 1. The van der Waals surface area contributed by atoms with E-state index in [-0.39, 0.29) is 5.56 Å². The molecule has 0 aliphatic rings. The van der Waals surface area contributed by atoms with Crippen LogP contribution < -0.4 is 5.32 Å². The van der Waals surface area contributed by atoms with Gasteiger partial charge >= 0.3 is 5.97 Å². The highest BCUT2D eigenvalue weighted by Crippen LogP contribution is 2.09. The third-order valence-corrected chi connectivity index (χ3v) is 2.77. The van der Waals surface area contributed by atoms with E-state index in [2.05, 4.69) is 19.2 Å². The first-order valence-corrected chi connectivity index (χ1v) is 6.17. The fourth-order valence-electron chi connectivity index (χ4n) is 1.66. The summed E-state index contributed by atoms with van der Waals surface area (Å²) in [5.41, 5.74) is 0.209. The number of carboxylic acids is 1. The van der Waals surface area contributed by atoms with E-state index in [1.54, 1.807) is 6.07 Å². The Balaban J connectivity index is 2.26. The summed E-state index contributed by atoms with van der Waals surface area (Å²) in [6.45, 7) is 4.91. The zero-order valence-corrected chi connectivity index (χ0v) is 10.5. The molecular formula is C13H21NO3. The number of nitrogens with one attached hydrogen (secondary N) is 1. The maximum Gasteiger partial charge on any atom is 0.338 e. The Labute approximate surface area is 102 Å². The highest BCUT2D eigenvalue weighted by molar-refractivity contribution is 5.87. The van der Waals surface area contributed by atoms with Gasteiger partial charge in [-0.25, -0.2) is 4.79 Å². The minimum absolute atomic E-state index is 0.209. The van der Waals surface area contributed by atoms with Gasteiger partial charge in [-0.3, -0.25) is 0 Å². The molecule has 0 saturated carbocycles. The Bertz CT molecular complexity index is 346. The molecule has 0 spiro atoms. The molecule has 0 amide bonds. The third kappa shape index (κ3) is 5.04. The second-order valence-corrected chi connectivity index (χ2v) is 4.38. The largest absolute Gasteiger partial charge is 0.478 e. The SMILES string of the molecule is CCCCCC(C)NCc1cc(C(=O)O)co1. The molecule has 0 radical (unpaired) electrons. The van der Waals surface area contributed by atoms with Crippen LogP contribution >= 0.6 is 0 Å². The molecule has 1 heterocycles. The van der Waals surface area contributed by atoms with Crippen molar-refractivity contribution in [3.8, 4) is 0 Å². The van der Waals surface area contributed by atoms with E-state index in [0.29, 0.717) is 18.3 Å². The second-order valence-electron chi connectivity index (χ2n) is 4.38. The zero-order valence-electron chi connectivity index (χ0n) is 10.5. The first kappa shape index (κ1) is 13.8. The Morgan fingerprint density at radius 1 is 1.53 bits per heavy atom. The highest BCUT2D eigenvalue weighted by Gasteiger charge is 2.08. The zero-order chi connectivity index (χ0) is 12.7. The Hall–Kier alpha value is -1.29. The molecule has 96 valence electrons. The van der Waals surface area contributed by atoms with Crippen LogP contribution in [0.5, 0.6) is 0 Å². The van der Waals surface area contributed by atoms with Gasteiger partial charge in [0, 0.05) is 6.04 Å². The van der Waals surface area contributed by atoms with E-state index in [4.69, 9.17) is 9.52 Å². The van der Waals surface area contributed by atoms with Crippen LogP contribution in [0.25, 0.3) is 0 Å². The lowest BCUT2D eigenvalue weighted by Gasteiger charge is -2.11. The van der Waals surface area contributed by atoms with Crippen molar-refractivity contribution >= 4 is 5.97 Å². The third-order valence-electron chi connectivity index (χ3n) is 2.77. The van der Waals surface area contributed by atoms with E-state index in [0.717, 1.165) is 6.42 Å². The summed E-state index contributed by atoms with van der Waals surface area (Å²) in [6, 6.07) is 1.99. The molecule has 2 N–H and O–H groups in total. The van der Waals surface area contributed by atoms with Gasteiger partial charge in [0.2, 0.25) is 0 Å². The van der Waals surface area contributed by atoms with Gasteiger partial charge in [0.1, 0.15) is 12.0 Å². The number of unbranched alkanes of at least 4 members (excludes halogenated alkanes) is 2. The molecular weight excluding hydrogens is 218 g/mol. The average molecular weight is 239 g/mol. The van der Waals surface area contributed by atoms with E-state index < -0.39 is 5.97 Å². The number of rotatable bonds is 8. The molecule has 4 nitrogen and oxygen atoms in total. The van der Waals surface area contributed by atoms with E-state index in [1.165, 1.54) is 25.5 Å². The number of hydrogen-bond acceptors (Lipinski definition) is 3. The van der Waals surface area contributed by atoms with Crippen molar-refractivity contribution < 1.29 is 14.3 Å². The fourth-order valence-corrected chi connectivity index (χ4v) is 1.66. The molecule has 0 aromatic carbocycles. The number of hydrogen-bond donors (Lipinski definition) is 2. The van der Waals surface area contributed by atoms with Crippen molar-refractivity contribution in [2.45, 2.75) is 52.1 Å². The smallest absolute Gasteiger partial charge is 0.338 e. The summed E-state index contributed by atoms with van der Waals surface area (Å²) in [5, 5.41) is 12.1. The van der Waals surface area contributed by atoms with Gasteiger partial charge in [0.25, 0.3) is 0 Å². The summed E-state index contributed by atoms with van der Waals surface area (Å²) in [7, 11) is 0. The lowest BCUT2D eigenvalue weighted by atomic mass is 10.1. The number of carboxylic acid groups (broad SMARTS) is 1. The van der Waals surface area contributed by atoms with Crippen molar-refractivity contribution in [1.29, 1.82) is 0 Å². The van der Waals surface area contributed by atoms with Gasteiger partial charge in [0.05, 0.1) is 12.1 Å². The molecule has 0 saturated heterocycles. The number of aromatic carboxylic acids is 1. The van der Waals surface area contributed by atoms with E-state index in [9.17, 15) is 4.79 Å². The minimum atomic E-state index is -0.948. The average Bonchev–Trinajstić information content (AvgIpc) is 2.75. The summed E-state index contributed by atoms with van der Waals surface area (Å²) >= 11 is 0. The Kier molecular flexibility index (Phi) is 5.77. The lowest BCUT2D eigenvalue weighted by Crippen LogP contribution is -2.25. The van der Waals surface area contributed by atoms with Crippen molar-refractivity contribution in [1.82, 2.24) is 5.32 Å². The molecule has 1 rings (SSSR count). The summed E-state index contributed by atoms with van der Waals surface area (Å²) in [4.78, 5) is 10.6. The summed E-state index contributed by atoms with van der Waals surface area (Å²) < 4.78 is 5.16. The molecule has 1 atom stereocenters. The predicted molar refractivity (Wildman–Crippen MR) is 66.1 cm³/mol. The van der Waals surface area contributed by atoms with Crippen LogP contribution in [0.3, 0.4) is 0 Å². The van der Waals surface area contributed by atoms with Crippen LogP contribution in [-0.2, 0) is 6.54 Å². The van der Waals surface area contributed by atoms with E-state index in [1.807, 2.05) is 0 Å². The summed E-state index contributed by atoms with van der Waals surface area (Å²) in [6.07, 6.45) is 6.13. The van der Waals surface area contributed by atoms with Crippen molar-refractivity contribution in [3.63, 3.8) is 0 Å². The normalized spacial score (nSPS) is 12.6. The van der Waals surface area contributed by atoms with Crippen LogP contribution in [0, 0.1) is 0 Å². The van der Waals surface area contributed by atoms with Gasteiger partial charge in [-0.15, -0.1) is 0 Å². The Morgan fingerprint density at radius 3 is 2.88 bits per heavy atom. The molecule has 0 aliphatic heterocycles. The van der Waals surface area contributed by atoms with Gasteiger partial charge in [0.15, 0.2) is 0 Å². The van der Waals surface area contributed by atoms with Crippen LogP contribution in [0.2, 0.25) is 0 Å². The van der Waals surface area contributed by atoms with Crippen molar-refractivity contribution in [3.05, 3.63) is 23.7 Å². The standard InChI is InChI=1S/C13H21NO3/c1-3-4-5-6-10(2)14-8-12-7-11(9-17-12)13(15)16/h7,9-10,14H,3-6,8H2,1-2H3,(H,15,16). The molecule has 1 unspecified atom stereocenters. The summed E-state index contributed by atoms with van der Waals surface area (Å²) in [5.74, 6) is -0.277. The molecule has 0 aliphatic carbocycles. The van der Waals surface area contributed by atoms with Crippen molar-refractivity contribution in [2.75, 3.05) is 0 Å². The van der Waals surface area contributed by atoms with Crippen LogP contribution in [0.4, 0.5) is 0 Å². The molecule has 1 aromatic heterocycles. The maximum absolute atomic E-state index is 10.6. The second kappa shape index (κ2) is 7.12. The number of carbonyl (C=O) groups is 1. The highest BCUT2D eigenvalue weighted by atomic mass is 16.4. The van der Waals surface area contributed by atoms with Gasteiger partial charge in [-0.1, -0.05) is 26.2 Å². The molecule has 17 heavy (non-hydrogen) atoms. The molecule has 1 aromatic rings. The van der Waals surface area contributed by atoms with Crippen molar-refractivity contribution in [2.24, 2.45) is 0 Å². The fraction of sp³-hybridized carbons (Fsp3) is 0.615. The van der Waals surface area contributed by atoms with Gasteiger partial charge in [-0.2, -0.15) is 0 Å². The molecule has 0 fully saturated rings.